The minimum absolute atomic E-state index is 0.00601. The van der Waals surface area contributed by atoms with Crippen molar-refractivity contribution < 1.29 is 27.5 Å². The minimum Gasteiger partial charge on any atom is -0.381 e. The topological polar surface area (TPSA) is 75.9 Å². The van der Waals surface area contributed by atoms with Crippen molar-refractivity contribution in [3.8, 4) is 0 Å². The van der Waals surface area contributed by atoms with Crippen LogP contribution in [-0.4, -0.2) is 67.0 Å². The van der Waals surface area contributed by atoms with Crippen LogP contribution in [0.5, 0.6) is 0 Å². The highest BCUT2D eigenvalue weighted by Gasteiger charge is 2.34. The summed E-state index contributed by atoms with van der Waals surface area (Å²) in [6.07, 6.45) is -3.00. The third kappa shape index (κ3) is 4.64. The van der Waals surface area contributed by atoms with Crippen molar-refractivity contribution >= 4 is 11.8 Å². The largest absolute Gasteiger partial charge is 0.416 e. The first-order valence-corrected chi connectivity index (χ1v) is 9.36. The minimum atomic E-state index is -4.50. The molecule has 0 bridgehead atoms. The van der Waals surface area contributed by atoms with Gasteiger partial charge >= 0.3 is 6.18 Å². The molecule has 1 aromatic carbocycles. The summed E-state index contributed by atoms with van der Waals surface area (Å²) in [6.45, 7) is 2.37. The third-order valence-corrected chi connectivity index (χ3v) is 5.37. The van der Waals surface area contributed by atoms with Gasteiger partial charge in [-0.3, -0.25) is 9.59 Å². The van der Waals surface area contributed by atoms with Gasteiger partial charge in [0.2, 0.25) is 5.91 Å². The molecule has 2 aliphatic rings. The van der Waals surface area contributed by atoms with Crippen LogP contribution in [0.1, 0.15) is 28.8 Å². The molecule has 1 aromatic rings. The van der Waals surface area contributed by atoms with Crippen LogP contribution in [0.2, 0.25) is 0 Å². The number of rotatable bonds is 3. The molecular weight excluding hydrogens is 375 g/mol. The molecule has 2 heterocycles. The van der Waals surface area contributed by atoms with Crippen molar-refractivity contribution in [2.45, 2.75) is 25.1 Å². The normalized spacial score (nSPS) is 20.1. The Morgan fingerprint density at radius 1 is 1.07 bits per heavy atom. The van der Waals surface area contributed by atoms with E-state index in [9.17, 15) is 22.8 Å². The fraction of sp³-hybridized carbons (Fsp3) is 0.579. The van der Waals surface area contributed by atoms with Crippen molar-refractivity contribution in [3.05, 3.63) is 35.4 Å². The lowest BCUT2D eigenvalue weighted by Gasteiger charge is -2.37. The van der Waals surface area contributed by atoms with Crippen LogP contribution in [-0.2, 0) is 15.7 Å². The number of hydrogen-bond donors (Lipinski definition) is 1. The van der Waals surface area contributed by atoms with Crippen molar-refractivity contribution in [2.75, 3.05) is 39.4 Å². The molecule has 0 saturated carbocycles. The molecule has 2 N–H and O–H groups in total. The van der Waals surface area contributed by atoms with Gasteiger partial charge in [0.05, 0.1) is 11.6 Å². The average Bonchev–Trinajstić information content (AvgIpc) is 2.72. The van der Waals surface area contributed by atoms with E-state index in [2.05, 4.69) is 0 Å². The molecule has 1 atom stereocenters. The Kier molecular flexibility index (Phi) is 6.24. The van der Waals surface area contributed by atoms with Crippen LogP contribution in [0, 0.1) is 5.92 Å². The van der Waals surface area contributed by atoms with Crippen LogP contribution < -0.4 is 5.73 Å². The third-order valence-electron chi connectivity index (χ3n) is 5.37. The summed E-state index contributed by atoms with van der Waals surface area (Å²) >= 11 is 0. The molecular formula is C19H24F3N3O3. The number of halogens is 3. The van der Waals surface area contributed by atoms with Crippen LogP contribution in [0.3, 0.4) is 0 Å². The number of nitrogens with two attached hydrogens (primary N) is 1. The Balaban J connectivity index is 1.57. The number of benzene rings is 1. The first-order chi connectivity index (χ1) is 13.3. The van der Waals surface area contributed by atoms with Gasteiger partial charge in [0.15, 0.2) is 0 Å². The molecule has 9 heteroatoms. The number of ether oxygens (including phenoxy) is 1. The molecule has 6 nitrogen and oxygen atoms in total. The maximum atomic E-state index is 12.9. The van der Waals surface area contributed by atoms with E-state index >= 15 is 0 Å². The number of carbonyl (C=O) groups excluding carboxylic acids is 2. The lowest BCUT2D eigenvalue weighted by atomic mass is 9.91. The average molecular weight is 399 g/mol. The summed E-state index contributed by atoms with van der Waals surface area (Å²) in [5.74, 6) is -0.518. The Hall–Kier alpha value is -2.13. The van der Waals surface area contributed by atoms with Crippen molar-refractivity contribution in [1.29, 1.82) is 0 Å². The summed E-state index contributed by atoms with van der Waals surface area (Å²) < 4.78 is 43.9. The number of nitrogens with zero attached hydrogens (tertiary/aromatic N) is 2. The summed E-state index contributed by atoms with van der Waals surface area (Å²) in [7, 11) is 0. The second-order valence-electron chi connectivity index (χ2n) is 7.17. The second-order valence-corrected chi connectivity index (χ2v) is 7.17. The van der Waals surface area contributed by atoms with E-state index in [-0.39, 0.29) is 30.5 Å². The van der Waals surface area contributed by atoms with Gasteiger partial charge in [-0.15, -0.1) is 0 Å². The fourth-order valence-corrected chi connectivity index (χ4v) is 3.63. The Morgan fingerprint density at radius 2 is 1.68 bits per heavy atom. The van der Waals surface area contributed by atoms with Crippen molar-refractivity contribution in [2.24, 2.45) is 11.7 Å². The van der Waals surface area contributed by atoms with E-state index in [1.54, 1.807) is 4.90 Å². The lowest BCUT2D eigenvalue weighted by molar-refractivity contribution is -0.138. The summed E-state index contributed by atoms with van der Waals surface area (Å²) in [5, 5.41) is 0. The van der Waals surface area contributed by atoms with E-state index in [0.29, 0.717) is 26.3 Å². The number of hydrogen-bond acceptors (Lipinski definition) is 4. The Morgan fingerprint density at radius 3 is 2.29 bits per heavy atom. The van der Waals surface area contributed by atoms with Gasteiger partial charge in [-0.1, -0.05) is 6.07 Å². The number of amides is 2. The SMILES string of the molecule is NC(C(=O)N1CCN(C(=O)c2cccc(C(F)(F)F)c2)CC1)C1CCOCC1. The monoisotopic (exact) mass is 399 g/mol. The van der Waals surface area contributed by atoms with Crippen LogP contribution in [0.25, 0.3) is 0 Å². The number of piperazine rings is 1. The number of carbonyl (C=O) groups is 2. The van der Waals surface area contributed by atoms with Gasteiger partial charge in [0.25, 0.3) is 5.91 Å². The molecule has 1 unspecified atom stereocenters. The standard InChI is InChI=1S/C19H24F3N3O3/c20-19(21,22)15-3-1-2-14(12-15)17(26)24-6-8-25(9-7-24)18(27)16(23)13-4-10-28-11-5-13/h1-3,12-13,16H,4-11,23H2. The Bertz CT molecular complexity index is 712. The maximum Gasteiger partial charge on any atom is 0.416 e. The van der Waals surface area contributed by atoms with Crippen molar-refractivity contribution in [3.63, 3.8) is 0 Å². The molecule has 0 aromatic heterocycles. The summed E-state index contributed by atoms with van der Waals surface area (Å²) in [6, 6.07) is 3.81. The van der Waals surface area contributed by atoms with Crippen LogP contribution in [0.15, 0.2) is 24.3 Å². The molecule has 154 valence electrons. The highest BCUT2D eigenvalue weighted by Crippen LogP contribution is 2.30. The quantitative estimate of drug-likeness (QED) is 0.840. The van der Waals surface area contributed by atoms with E-state index < -0.39 is 23.7 Å². The zero-order chi connectivity index (χ0) is 20.3. The van der Waals surface area contributed by atoms with E-state index in [0.717, 1.165) is 25.0 Å². The van der Waals surface area contributed by atoms with E-state index in [1.807, 2.05) is 0 Å². The highest BCUT2D eigenvalue weighted by atomic mass is 19.4. The molecule has 2 fully saturated rings. The van der Waals surface area contributed by atoms with Gasteiger partial charge in [0, 0.05) is 45.0 Å². The van der Waals surface area contributed by atoms with E-state index in [1.165, 1.54) is 17.0 Å². The fourth-order valence-electron chi connectivity index (χ4n) is 3.63. The smallest absolute Gasteiger partial charge is 0.381 e. The molecule has 2 saturated heterocycles. The van der Waals surface area contributed by atoms with Crippen molar-refractivity contribution in [1.82, 2.24) is 9.80 Å². The van der Waals surface area contributed by atoms with Crippen LogP contribution >= 0.6 is 0 Å². The predicted octanol–water partition coefficient (Wildman–Crippen LogP) is 1.74. The first kappa shape index (κ1) is 20.6. The first-order valence-electron chi connectivity index (χ1n) is 9.36. The lowest BCUT2D eigenvalue weighted by Crippen LogP contribution is -2.56. The van der Waals surface area contributed by atoms with Crippen LogP contribution in [0.4, 0.5) is 13.2 Å². The zero-order valence-corrected chi connectivity index (χ0v) is 15.5. The highest BCUT2D eigenvalue weighted by molar-refractivity contribution is 5.94. The molecule has 0 spiro atoms. The summed E-state index contributed by atoms with van der Waals surface area (Å²) in [4.78, 5) is 28.3. The maximum absolute atomic E-state index is 12.9. The second kappa shape index (κ2) is 8.48. The van der Waals surface area contributed by atoms with Gasteiger partial charge in [-0.25, -0.2) is 0 Å². The van der Waals surface area contributed by atoms with Gasteiger partial charge in [0.1, 0.15) is 0 Å². The summed E-state index contributed by atoms with van der Waals surface area (Å²) in [5.41, 5.74) is 5.27. The molecule has 2 amide bonds. The zero-order valence-electron chi connectivity index (χ0n) is 15.5. The number of alkyl halides is 3. The molecule has 28 heavy (non-hydrogen) atoms. The van der Waals surface area contributed by atoms with Gasteiger partial charge in [-0.2, -0.15) is 13.2 Å². The van der Waals surface area contributed by atoms with Gasteiger partial charge in [-0.05, 0) is 37.0 Å². The molecule has 3 rings (SSSR count). The van der Waals surface area contributed by atoms with Gasteiger partial charge < -0.3 is 20.3 Å². The Labute approximate surface area is 161 Å². The molecule has 0 aliphatic carbocycles. The van der Waals surface area contributed by atoms with E-state index in [4.69, 9.17) is 10.5 Å². The predicted molar refractivity (Wildman–Crippen MR) is 95.4 cm³/mol. The molecule has 0 radical (unpaired) electrons. The molecule has 2 aliphatic heterocycles.